The Morgan fingerprint density at radius 2 is 2.12 bits per heavy atom. The fourth-order valence-corrected chi connectivity index (χ4v) is 1.61. The number of nitrogens with zero attached hydrogens (tertiary/aromatic N) is 3. The van der Waals surface area contributed by atoms with E-state index in [0.717, 1.165) is 24.6 Å². The van der Waals surface area contributed by atoms with Gasteiger partial charge in [0.05, 0.1) is 18.8 Å². The smallest absolute Gasteiger partial charge is 0.123 e. The van der Waals surface area contributed by atoms with Gasteiger partial charge in [0, 0.05) is 24.6 Å². The summed E-state index contributed by atoms with van der Waals surface area (Å²) in [5, 5.41) is 3.37. The Morgan fingerprint density at radius 1 is 1.24 bits per heavy atom. The van der Waals surface area contributed by atoms with Crippen LogP contribution in [0.25, 0.3) is 0 Å². The van der Waals surface area contributed by atoms with Crippen LogP contribution >= 0.6 is 0 Å². The van der Waals surface area contributed by atoms with Gasteiger partial charge in [0.25, 0.3) is 0 Å². The van der Waals surface area contributed by atoms with Crippen molar-refractivity contribution in [3.05, 3.63) is 48.3 Å². The summed E-state index contributed by atoms with van der Waals surface area (Å²) in [4.78, 5) is 8.68. The molecule has 17 heavy (non-hydrogen) atoms. The fraction of sp³-hybridized carbons (Fsp3) is 0.385. The highest BCUT2D eigenvalue weighted by atomic mass is 15.1. The summed E-state index contributed by atoms with van der Waals surface area (Å²) in [5.74, 6) is 1.05. The highest BCUT2D eigenvalue weighted by molar-refractivity contribution is 5.06. The molecule has 4 heteroatoms. The van der Waals surface area contributed by atoms with Crippen molar-refractivity contribution in [3.8, 4) is 0 Å². The molecule has 0 fully saturated rings. The number of nitrogens with one attached hydrogen (secondary N) is 1. The van der Waals surface area contributed by atoms with E-state index >= 15 is 0 Å². The monoisotopic (exact) mass is 230 g/mol. The van der Waals surface area contributed by atoms with Gasteiger partial charge < -0.3 is 9.88 Å². The molecule has 2 heterocycles. The number of imidazole rings is 1. The molecule has 2 rings (SSSR count). The Labute approximate surface area is 102 Å². The van der Waals surface area contributed by atoms with E-state index in [2.05, 4.69) is 33.7 Å². The molecule has 0 saturated carbocycles. The first kappa shape index (κ1) is 11.8. The highest BCUT2D eigenvalue weighted by Gasteiger charge is 2.04. The lowest BCUT2D eigenvalue weighted by Gasteiger charge is -2.10. The molecule has 90 valence electrons. The van der Waals surface area contributed by atoms with Gasteiger partial charge in [-0.1, -0.05) is 19.9 Å². The van der Waals surface area contributed by atoms with Crippen molar-refractivity contribution < 1.29 is 0 Å². The van der Waals surface area contributed by atoms with Crippen molar-refractivity contribution in [2.45, 2.75) is 33.0 Å². The van der Waals surface area contributed by atoms with Crippen LogP contribution in [-0.2, 0) is 13.1 Å². The number of aromatic nitrogens is 3. The van der Waals surface area contributed by atoms with Crippen LogP contribution in [0.4, 0.5) is 0 Å². The van der Waals surface area contributed by atoms with Crippen LogP contribution in [0.2, 0.25) is 0 Å². The van der Waals surface area contributed by atoms with Crippen LogP contribution in [0.3, 0.4) is 0 Å². The molecule has 0 saturated heterocycles. The van der Waals surface area contributed by atoms with Gasteiger partial charge in [0.1, 0.15) is 5.82 Å². The molecule has 4 nitrogen and oxygen atoms in total. The average Bonchev–Trinajstić information content (AvgIpc) is 2.75. The van der Waals surface area contributed by atoms with E-state index in [1.165, 1.54) is 0 Å². The van der Waals surface area contributed by atoms with Crippen LogP contribution in [0.1, 0.15) is 25.4 Å². The van der Waals surface area contributed by atoms with Crippen LogP contribution in [-0.4, -0.2) is 20.6 Å². The van der Waals surface area contributed by atoms with Crippen molar-refractivity contribution in [1.82, 2.24) is 19.9 Å². The molecule has 0 aliphatic carbocycles. The number of hydrogen-bond acceptors (Lipinski definition) is 3. The summed E-state index contributed by atoms with van der Waals surface area (Å²) >= 11 is 0. The standard InChI is InChI=1S/C13H18N4/c1-11(2)16-9-13-15-7-8-17(13)10-12-5-3-4-6-14-12/h3-8,11,16H,9-10H2,1-2H3. The minimum absolute atomic E-state index is 0.468. The number of hydrogen-bond donors (Lipinski definition) is 1. The lowest BCUT2D eigenvalue weighted by molar-refractivity contribution is 0.553. The van der Waals surface area contributed by atoms with E-state index in [1.807, 2.05) is 36.8 Å². The molecule has 0 aliphatic heterocycles. The molecular formula is C13H18N4. The fourth-order valence-electron chi connectivity index (χ4n) is 1.61. The van der Waals surface area contributed by atoms with Gasteiger partial charge in [-0.25, -0.2) is 4.98 Å². The molecule has 2 aromatic rings. The third kappa shape index (κ3) is 3.39. The molecule has 0 unspecified atom stereocenters. The Balaban J connectivity index is 2.04. The van der Waals surface area contributed by atoms with Crippen LogP contribution in [0.5, 0.6) is 0 Å². The van der Waals surface area contributed by atoms with Gasteiger partial charge >= 0.3 is 0 Å². The predicted octanol–water partition coefficient (Wildman–Crippen LogP) is 1.82. The van der Waals surface area contributed by atoms with Crippen molar-refractivity contribution in [3.63, 3.8) is 0 Å². The zero-order chi connectivity index (χ0) is 12.1. The lowest BCUT2D eigenvalue weighted by Crippen LogP contribution is -2.24. The van der Waals surface area contributed by atoms with Crippen molar-refractivity contribution in [2.24, 2.45) is 0 Å². The Kier molecular flexibility index (Phi) is 3.88. The first-order valence-corrected chi connectivity index (χ1v) is 5.89. The zero-order valence-electron chi connectivity index (χ0n) is 10.3. The molecule has 0 aromatic carbocycles. The van der Waals surface area contributed by atoms with E-state index in [0.29, 0.717) is 6.04 Å². The van der Waals surface area contributed by atoms with E-state index in [1.54, 1.807) is 0 Å². The van der Waals surface area contributed by atoms with E-state index in [9.17, 15) is 0 Å². The summed E-state index contributed by atoms with van der Waals surface area (Å²) < 4.78 is 2.12. The van der Waals surface area contributed by atoms with Gasteiger partial charge in [0.2, 0.25) is 0 Å². The van der Waals surface area contributed by atoms with Crippen LogP contribution in [0, 0.1) is 0 Å². The van der Waals surface area contributed by atoms with Crippen LogP contribution in [0.15, 0.2) is 36.8 Å². The summed E-state index contributed by atoms with van der Waals surface area (Å²) in [5.41, 5.74) is 1.05. The SMILES string of the molecule is CC(C)NCc1nccn1Cc1ccccn1. The second-order valence-corrected chi connectivity index (χ2v) is 4.33. The molecule has 2 aromatic heterocycles. The molecule has 1 N–H and O–H groups in total. The Morgan fingerprint density at radius 3 is 2.82 bits per heavy atom. The maximum Gasteiger partial charge on any atom is 0.123 e. The summed E-state index contributed by atoms with van der Waals surface area (Å²) in [7, 11) is 0. The second-order valence-electron chi connectivity index (χ2n) is 4.33. The minimum atomic E-state index is 0.468. The topological polar surface area (TPSA) is 42.7 Å². The summed E-state index contributed by atoms with van der Waals surface area (Å²) in [6, 6.07) is 6.43. The van der Waals surface area contributed by atoms with Gasteiger partial charge in [0.15, 0.2) is 0 Å². The molecule has 0 bridgehead atoms. The first-order chi connectivity index (χ1) is 8.25. The largest absolute Gasteiger partial charge is 0.328 e. The molecule has 0 spiro atoms. The zero-order valence-corrected chi connectivity index (χ0v) is 10.3. The van der Waals surface area contributed by atoms with Gasteiger partial charge in [-0.05, 0) is 12.1 Å². The maximum absolute atomic E-state index is 4.36. The quantitative estimate of drug-likeness (QED) is 0.852. The molecule has 0 aliphatic rings. The average molecular weight is 230 g/mol. The Hall–Kier alpha value is -1.68. The summed E-state index contributed by atoms with van der Waals surface area (Å²) in [6.45, 7) is 5.82. The third-order valence-electron chi connectivity index (χ3n) is 2.53. The third-order valence-corrected chi connectivity index (χ3v) is 2.53. The number of pyridine rings is 1. The first-order valence-electron chi connectivity index (χ1n) is 5.89. The Bertz CT molecular complexity index is 447. The van der Waals surface area contributed by atoms with Crippen molar-refractivity contribution in [1.29, 1.82) is 0 Å². The minimum Gasteiger partial charge on any atom is -0.328 e. The lowest BCUT2D eigenvalue weighted by atomic mass is 10.3. The van der Waals surface area contributed by atoms with E-state index in [-0.39, 0.29) is 0 Å². The maximum atomic E-state index is 4.36. The molecule has 0 amide bonds. The highest BCUT2D eigenvalue weighted by Crippen LogP contribution is 2.03. The van der Waals surface area contributed by atoms with E-state index < -0.39 is 0 Å². The molecular weight excluding hydrogens is 212 g/mol. The van der Waals surface area contributed by atoms with Crippen LogP contribution < -0.4 is 5.32 Å². The van der Waals surface area contributed by atoms with Crippen molar-refractivity contribution in [2.75, 3.05) is 0 Å². The van der Waals surface area contributed by atoms with Crippen molar-refractivity contribution >= 4 is 0 Å². The van der Waals surface area contributed by atoms with Gasteiger partial charge in [-0.3, -0.25) is 4.98 Å². The van der Waals surface area contributed by atoms with Gasteiger partial charge in [-0.2, -0.15) is 0 Å². The second kappa shape index (κ2) is 5.59. The van der Waals surface area contributed by atoms with E-state index in [4.69, 9.17) is 0 Å². The predicted molar refractivity (Wildman–Crippen MR) is 67.5 cm³/mol. The number of rotatable bonds is 5. The molecule has 0 atom stereocenters. The summed E-state index contributed by atoms with van der Waals surface area (Å²) in [6.07, 6.45) is 5.64. The van der Waals surface area contributed by atoms with Gasteiger partial charge in [-0.15, -0.1) is 0 Å². The molecule has 0 radical (unpaired) electrons. The normalized spacial score (nSPS) is 11.0.